The van der Waals surface area contributed by atoms with Crippen LogP contribution in [0.5, 0.6) is 0 Å². The zero-order chi connectivity index (χ0) is 19.8. The van der Waals surface area contributed by atoms with Crippen molar-refractivity contribution in [3.8, 4) is 11.4 Å². The van der Waals surface area contributed by atoms with Crippen LogP contribution < -0.4 is 5.56 Å². The first-order chi connectivity index (χ1) is 13.5. The van der Waals surface area contributed by atoms with Crippen LogP contribution in [0.4, 0.5) is 0 Å². The molecule has 3 aromatic rings. The number of H-pyrrole nitrogens is 1. The fourth-order valence-corrected chi connectivity index (χ4v) is 3.72. The first-order valence-electron chi connectivity index (χ1n) is 9.35. The average molecular weight is 378 g/mol. The number of fused-ring (bicyclic) bond motifs is 1. The maximum Gasteiger partial charge on any atom is 0.257 e. The molecule has 0 atom stereocenters. The van der Waals surface area contributed by atoms with Gasteiger partial charge in [-0.25, -0.2) is 4.98 Å². The summed E-state index contributed by atoms with van der Waals surface area (Å²) in [7, 11) is 0. The summed E-state index contributed by atoms with van der Waals surface area (Å²) in [5.74, 6) is 0.405. The number of nitrogens with zero attached hydrogens (tertiary/aromatic N) is 5. The number of hydrogen-bond acceptors (Lipinski definition) is 5. The van der Waals surface area contributed by atoms with Crippen LogP contribution in [0.1, 0.15) is 39.9 Å². The number of hydrogen-bond donors (Lipinski definition) is 1. The molecule has 1 N–H and O–H groups in total. The van der Waals surface area contributed by atoms with Gasteiger partial charge in [-0.3, -0.25) is 19.3 Å². The van der Waals surface area contributed by atoms with Gasteiger partial charge < -0.3 is 9.88 Å². The van der Waals surface area contributed by atoms with Crippen molar-refractivity contribution in [1.82, 2.24) is 29.6 Å². The molecular weight excluding hydrogens is 356 g/mol. The highest BCUT2D eigenvalue weighted by Gasteiger charge is 2.28. The van der Waals surface area contributed by atoms with E-state index in [0.717, 1.165) is 17.0 Å². The van der Waals surface area contributed by atoms with Crippen LogP contribution in [0, 0.1) is 13.8 Å². The lowest BCUT2D eigenvalue weighted by Gasteiger charge is -2.28. The quantitative estimate of drug-likeness (QED) is 0.750. The number of pyridine rings is 1. The maximum absolute atomic E-state index is 13.2. The Morgan fingerprint density at radius 1 is 1.32 bits per heavy atom. The molecule has 8 heteroatoms. The summed E-state index contributed by atoms with van der Waals surface area (Å²) in [5, 5.41) is 4.45. The van der Waals surface area contributed by atoms with Gasteiger partial charge in [0.05, 0.1) is 23.5 Å². The van der Waals surface area contributed by atoms with Crippen molar-refractivity contribution >= 4 is 5.91 Å². The van der Waals surface area contributed by atoms with E-state index in [1.54, 1.807) is 23.4 Å². The van der Waals surface area contributed by atoms with Gasteiger partial charge in [-0.2, -0.15) is 5.10 Å². The predicted octanol–water partition coefficient (Wildman–Crippen LogP) is 1.86. The molecule has 4 rings (SSSR count). The lowest BCUT2D eigenvalue weighted by atomic mass is 10.0. The molecule has 0 bridgehead atoms. The van der Waals surface area contributed by atoms with Crippen molar-refractivity contribution in [3.63, 3.8) is 0 Å². The zero-order valence-electron chi connectivity index (χ0n) is 16.2. The van der Waals surface area contributed by atoms with E-state index in [-0.39, 0.29) is 11.5 Å². The number of carbonyl (C=O) groups excluding carboxylic acids is 1. The van der Waals surface area contributed by atoms with Crippen molar-refractivity contribution < 1.29 is 4.79 Å². The molecule has 0 spiro atoms. The lowest BCUT2D eigenvalue weighted by Crippen LogP contribution is -2.39. The van der Waals surface area contributed by atoms with Gasteiger partial charge in [0, 0.05) is 42.3 Å². The van der Waals surface area contributed by atoms with E-state index in [4.69, 9.17) is 0 Å². The third kappa shape index (κ3) is 3.00. The molecule has 3 aromatic heterocycles. The van der Waals surface area contributed by atoms with Gasteiger partial charge in [0.1, 0.15) is 5.82 Å². The minimum absolute atomic E-state index is 0.0645. The fourth-order valence-electron chi connectivity index (χ4n) is 3.72. The first kappa shape index (κ1) is 18.1. The Morgan fingerprint density at radius 3 is 2.82 bits per heavy atom. The third-order valence-corrected chi connectivity index (χ3v) is 5.19. The maximum atomic E-state index is 13.2. The molecule has 0 aromatic carbocycles. The Hall–Kier alpha value is -3.29. The summed E-state index contributed by atoms with van der Waals surface area (Å²) in [6, 6.07) is 3.64. The van der Waals surface area contributed by atoms with E-state index in [2.05, 4.69) is 20.1 Å². The average Bonchev–Trinajstić information content (AvgIpc) is 3.01. The number of aryl methyl sites for hydroxylation is 2. The van der Waals surface area contributed by atoms with E-state index >= 15 is 0 Å². The second-order valence-corrected chi connectivity index (χ2v) is 6.92. The smallest absolute Gasteiger partial charge is 0.257 e. The Bertz CT molecular complexity index is 1100. The van der Waals surface area contributed by atoms with Gasteiger partial charge >= 0.3 is 0 Å². The molecule has 4 heterocycles. The SMILES string of the molecule is CCn1nc(C)c(C(=O)N2CCc3c(nc(-c4cccnc4)[nH]c3=O)C2)c1C. The molecular formula is C20H22N6O2. The van der Waals surface area contributed by atoms with Crippen molar-refractivity contribution in [2.24, 2.45) is 0 Å². The Kier molecular flexibility index (Phi) is 4.54. The Labute approximate surface area is 162 Å². The number of nitrogens with one attached hydrogen (secondary N) is 1. The van der Waals surface area contributed by atoms with Crippen molar-refractivity contribution in [2.75, 3.05) is 6.54 Å². The molecule has 0 unspecified atom stereocenters. The molecule has 0 saturated carbocycles. The van der Waals surface area contributed by atoms with Crippen molar-refractivity contribution in [3.05, 3.63) is 63.1 Å². The number of amides is 1. The summed E-state index contributed by atoms with van der Waals surface area (Å²) in [4.78, 5) is 39.0. The number of carbonyl (C=O) groups is 1. The summed E-state index contributed by atoms with van der Waals surface area (Å²) >= 11 is 0. The van der Waals surface area contributed by atoms with Crippen LogP contribution in [-0.4, -0.2) is 42.1 Å². The Morgan fingerprint density at radius 2 is 2.14 bits per heavy atom. The largest absolute Gasteiger partial charge is 0.332 e. The molecule has 1 aliphatic rings. The van der Waals surface area contributed by atoms with Gasteiger partial charge in [0.2, 0.25) is 0 Å². The highest BCUT2D eigenvalue weighted by Crippen LogP contribution is 2.22. The normalized spacial score (nSPS) is 13.5. The van der Waals surface area contributed by atoms with Gasteiger partial charge in [-0.15, -0.1) is 0 Å². The minimum atomic E-state index is -0.151. The van der Waals surface area contributed by atoms with Gasteiger partial charge in [-0.05, 0) is 39.3 Å². The number of aromatic nitrogens is 5. The minimum Gasteiger partial charge on any atom is -0.332 e. The van der Waals surface area contributed by atoms with Crippen LogP contribution in [0.15, 0.2) is 29.3 Å². The van der Waals surface area contributed by atoms with E-state index in [9.17, 15) is 9.59 Å². The standard InChI is InChI=1S/C20H22N6O2/c1-4-26-13(3)17(12(2)24-26)20(28)25-9-7-15-16(11-25)22-18(23-19(15)27)14-6-5-8-21-10-14/h5-6,8,10H,4,7,9,11H2,1-3H3,(H,22,23,27). The van der Waals surface area contributed by atoms with Gasteiger partial charge in [0.15, 0.2) is 0 Å². The zero-order valence-corrected chi connectivity index (χ0v) is 16.2. The Balaban J connectivity index is 1.68. The van der Waals surface area contributed by atoms with Gasteiger partial charge in [0.25, 0.3) is 11.5 Å². The summed E-state index contributed by atoms with van der Waals surface area (Å²) < 4.78 is 1.84. The van der Waals surface area contributed by atoms with E-state index in [0.29, 0.717) is 48.7 Å². The van der Waals surface area contributed by atoms with Crippen LogP contribution >= 0.6 is 0 Å². The molecule has 144 valence electrons. The molecule has 28 heavy (non-hydrogen) atoms. The summed E-state index contributed by atoms with van der Waals surface area (Å²) in [6.45, 7) is 7.28. The molecule has 0 fully saturated rings. The van der Waals surface area contributed by atoms with Crippen molar-refractivity contribution in [1.29, 1.82) is 0 Å². The van der Waals surface area contributed by atoms with Gasteiger partial charge in [-0.1, -0.05) is 0 Å². The number of rotatable bonds is 3. The molecule has 1 aliphatic heterocycles. The van der Waals surface area contributed by atoms with Crippen LogP contribution in [-0.2, 0) is 19.5 Å². The monoisotopic (exact) mass is 378 g/mol. The fraction of sp³-hybridized carbons (Fsp3) is 0.350. The number of aromatic amines is 1. The predicted molar refractivity (Wildman–Crippen MR) is 104 cm³/mol. The summed E-state index contributed by atoms with van der Waals surface area (Å²) in [6.07, 6.45) is 3.81. The van der Waals surface area contributed by atoms with Crippen molar-refractivity contribution in [2.45, 2.75) is 40.3 Å². The third-order valence-electron chi connectivity index (χ3n) is 5.19. The highest BCUT2D eigenvalue weighted by molar-refractivity contribution is 5.96. The lowest BCUT2D eigenvalue weighted by molar-refractivity contribution is 0.0729. The van der Waals surface area contributed by atoms with Crippen LogP contribution in [0.3, 0.4) is 0 Å². The second-order valence-electron chi connectivity index (χ2n) is 6.92. The molecule has 8 nitrogen and oxygen atoms in total. The molecule has 0 saturated heterocycles. The topological polar surface area (TPSA) is 96.8 Å². The van der Waals surface area contributed by atoms with E-state index < -0.39 is 0 Å². The van der Waals surface area contributed by atoms with Crippen LogP contribution in [0.25, 0.3) is 11.4 Å². The highest BCUT2D eigenvalue weighted by atomic mass is 16.2. The van der Waals surface area contributed by atoms with E-state index in [1.165, 1.54) is 0 Å². The second kappa shape index (κ2) is 7.03. The molecule has 1 amide bonds. The van der Waals surface area contributed by atoms with Crippen LogP contribution in [0.2, 0.25) is 0 Å². The summed E-state index contributed by atoms with van der Waals surface area (Å²) in [5.41, 5.74) is 4.11. The van der Waals surface area contributed by atoms with E-state index in [1.807, 2.05) is 31.5 Å². The molecule has 0 radical (unpaired) electrons. The first-order valence-corrected chi connectivity index (χ1v) is 9.35. The molecule has 0 aliphatic carbocycles.